The first-order chi connectivity index (χ1) is 7.70. The van der Waals surface area contributed by atoms with Crippen LogP contribution in [0, 0.1) is 0 Å². The third kappa shape index (κ3) is 2.89. The first kappa shape index (κ1) is 12.4. The van der Waals surface area contributed by atoms with Crippen LogP contribution >= 0.6 is 0 Å². The predicted molar refractivity (Wildman–Crippen MR) is 59.8 cm³/mol. The third-order valence-corrected chi connectivity index (χ3v) is 2.15. The minimum Gasteiger partial charge on any atom is -0.507 e. The summed E-state index contributed by atoms with van der Waals surface area (Å²) in [6, 6.07) is 4.70. The average Bonchev–Trinajstić information content (AvgIpc) is 2.29. The second-order valence-electron chi connectivity index (χ2n) is 3.34. The lowest BCUT2D eigenvalue weighted by atomic mass is 10.2. The van der Waals surface area contributed by atoms with Crippen molar-refractivity contribution in [1.82, 2.24) is 0 Å². The standard InChI is InChI=1S/C12H16O4/c1-3-4-8-16-10-7-5-6-9(13)11(10)12(14)15-2/h5-7,13H,3-4,8H2,1-2H3. The summed E-state index contributed by atoms with van der Waals surface area (Å²) in [6.45, 7) is 2.57. The SMILES string of the molecule is CCCCOc1cccc(O)c1C(=O)OC. The van der Waals surface area contributed by atoms with E-state index < -0.39 is 5.97 Å². The Labute approximate surface area is 94.8 Å². The lowest BCUT2D eigenvalue weighted by Gasteiger charge is -2.10. The number of carbonyl (C=O) groups excluding carboxylic acids is 1. The molecule has 4 nitrogen and oxygen atoms in total. The van der Waals surface area contributed by atoms with Gasteiger partial charge >= 0.3 is 5.97 Å². The normalized spacial score (nSPS) is 9.88. The molecule has 0 aliphatic rings. The fraction of sp³-hybridized carbons (Fsp3) is 0.417. The molecule has 0 saturated heterocycles. The van der Waals surface area contributed by atoms with E-state index >= 15 is 0 Å². The van der Waals surface area contributed by atoms with E-state index in [0.717, 1.165) is 12.8 Å². The molecule has 1 rings (SSSR count). The lowest BCUT2D eigenvalue weighted by molar-refractivity contribution is 0.0592. The number of benzene rings is 1. The van der Waals surface area contributed by atoms with Crippen LogP contribution < -0.4 is 4.74 Å². The molecule has 0 radical (unpaired) electrons. The Hall–Kier alpha value is -1.71. The van der Waals surface area contributed by atoms with Crippen LogP contribution in [0.2, 0.25) is 0 Å². The number of methoxy groups -OCH3 is 1. The summed E-state index contributed by atoms with van der Waals surface area (Å²) < 4.78 is 10.0. The van der Waals surface area contributed by atoms with Gasteiger partial charge in [0.05, 0.1) is 13.7 Å². The summed E-state index contributed by atoms with van der Waals surface area (Å²) in [5.41, 5.74) is 0.0844. The highest BCUT2D eigenvalue weighted by molar-refractivity contribution is 5.95. The Morgan fingerprint density at radius 2 is 2.19 bits per heavy atom. The summed E-state index contributed by atoms with van der Waals surface area (Å²) in [5.74, 6) is -0.356. The Balaban J connectivity index is 2.89. The molecule has 4 heteroatoms. The van der Waals surface area contributed by atoms with E-state index in [1.807, 2.05) is 6.92 Å². The fourth-order valence-corrected chi connectivity index (χ4v) is 1.27. The fourth-order valence-electron chi connectivity index (χ4n) is 1.27. The van der Waals surface area contributed by atoms with Crippen molar-refractivity contribution in [3.8, 4) is 11.5 Å². The number of unbranched alkanes of at least 4 members (excludes halogenated alkanes) is 1. The van der Waals surface area contributed by atoms with Crippen molar-refractivity contribution < 1.29 is 19.4 Å². The smallest absolute Gasteiger partial charge is 0.345 e. The number of phenols is 1. The first-order valence-corrected chi connectivity index (χ1v) is 5.23. The molecule has 16 heavy (non-hydrogen) atoms. The van der Waals surface area contributed by atoms with E-state index in [1.54, 1.807) is 12.1 Å². The second kappa shape index (κ2) is 6.00. The number of aromatic hydroxyl groups is 1. The topological polar surface area (TPSA) is 55.8 Å². The number of ether oxygens (including phenoxy) is 2. The molecule has 0 aliphatic heterocycles. The minimum absolute atomic E-state index is 0.0844. The van der Waals surface area contributed by atoms with Crippen molar-refractivity contribution in [1.29, 1.82) is 0 Å². The van der Waals surface area contributed by atoms with Crippen LogP contribution in [0.15, 0.2) is 18.2 Å². The van der Waals surface area contributed by atoms with Crippen LogP contribution in [0.3, 0.4) is 0 Å². The van der Waals surface area contributed by atoms with E-state index in [9.17, 15) is 9.90 Å². The number of hydrogen-bond donors (Lipinski definition) is 1. The molecular weight excluding hydrogens is 208 g/mol. The quantitative estimate of drug-likeness (QED) is 0.616. The molecule has 0 heterocycles. The molecule has 88 valence electrons. The van der Waals surface area contributed by atoms with Gasteiger partial charge in [0, 0.05) is 0 Å². The van der Waals surface area contributed by atoms with Gasteiger partial charge in [0.2, 0.25) is 0 Å². The number of esters is 1. The molecule has 0 unspecified atom stereocenters. The van der Waals surface area contributed by atoms with Gasteiger partial charge in [-0.3, -0.25) is 0 Å². The van der Waals surface area contributed by atoms with Crippen molar-refractivity contribution in [2.75, 3.05) is 13.7 Å². The van der Waals surface area contributed by atoms with E-state index in [0.29, 0.717) is 12.4 Å². The van der Waals surface area contributed by atoms with Crippen molar-refractivity contribution in [2.24, 2.45) is 0 Å². The predicted octanol–water partition coefficient (Wildman–Crippen LogP) is 2.36. The van der Waals surface area contributed by atoms with Gasteiger partial charge < -0.3 is 14.6 Å². The average molecular weight is 224 g/mol. The maximum atomic E-state index is 11.4. The Bertz CT molecular complexity index is 360. The molecule has 0 aromatic heterocycles. The Morgan fingerprint density at radius 3 is 2.81 bits per heavy atom. The summed E-state index contributed by atoms with van der Waals surface area (Å²) >= 11 is 0. The van der Waals surface area contributed by atoms with Gasteiger partial charge in [-0.15, -0.1) is 0 Å². The van der Waals surface area contributed by atoms with Gasteiger partial charge in [-0.25, -0.2) is 4.79 Å². The van der Waals surface area contributed by atoms with Gasteiger partial charge in [-0.2, -0.15) is 0 Å². The van der Waals surface area contributed by atoms with E-state index in [2.05, 4.69) is 4.74 Å². The van der Waals surface area contributed by atoms with Crippen LogP contribution in [-0.2, 0) is 4.74 Å². The number of hydrogen-bond acceptors (Lipinski definition) is 4. The van der Waals surface area contributed by atoms with Crippen molar-refractivity contribution in [2.45, 2.75) is 19.8 Å². The molecule has 1 aromatic rings. The molecule has 0 spiro atoms. The number of phenolic OH excluding ortho intramolecular Hbond substituents is 1. The summed E-state index contributed by atoms with van der Waals surface area (Å²) in [4.78, 5) is 11.4. The number of rotatable bonds is 5. The van der Waals surface area contributed by atoms with Gasteiger partial charge in [0.25, 0.3) is 0 Å². The van der Waals surface area contributed by atoms with Crippen molar-refractivity contribution in [3.05, 3.63) is 23.8 Å². The monoisotopic (exact) mass is 224 g/mol. The summed E-state index contributed by atoms with van der Waals surface area (Å²) in [5, 5.41) is 9.57. The van der Waals surface area contributed by atoms with Crippen LogP contribution in [0.25, 0.3) is 0 Å². The van der Waals surface area contributed by atoms with E-state index in [-0.39, 0.29) is 11.3 Å². The van der Waals surface area contributed by atoms with Gasteiger partial charge in [-0.05, 0) is 18.6 Å². The molecule has 0 fully saturated rings. The van der Waals surface area contributed by atoms with Gasteiger partial charge in [-0.1, -0.05) is 19.4 Å². The zero-order chi connectivity index (χ0) is 12.0. The molecule has 1 aromatic carbocycles. The molecule has 0 atom stereocenters. The second-order valence-corrected chi connectivity index (χ2v) is 3.34. The Kier molecular flexibility index (Phi) is 4.64. The van der Waals surface area contributed by atoms with Crippen LogP contribution in [0.4, 0.5) is 0 Å². The van der Waals surface area contributed by atoms with E-state index in [1.165, 1.54) is 13.2 Å². The molecule has 0 bridgehead atoms. The Morgan fingerprint density at radius 1 is 1.44 bits per heavy atom. The van der Waals surface area contributed by atoms with Crippen LogP contribution in [-0.4, -0.2) is 24.8 Å². The maximum absolute atomic E-state index is 11.4. The van der Waals surface area contributed by atoms with Crippen LogP contribution in [0.5, 0.6) is 11.5 Å². The number of carbonyl (C=O) groups is 1. The first-order valence-electron chi connectivity index (χ1n) is 5.23. The highest BCUT2D eigenvalue weighted by atomic mass is 16.5. The minimum atomic E-state index is -0.593. The highest BCUT2D eigenvalue weighted by Gasteiger charge is 2.17. The van der Waals surface area contributed by atoms with Crippen molar-refractivity contribution >= 4 is 5.97 Å². The molecule has 0 aliphatic carbocycles. The van der Waals surface area contributed by atoms with Crippen molar-refractivity contribution in [3.63, 3.8) is 0 Å². The summed E-state index contributed by atoms with van der Waals surface area (Å²) in [7, 11) is 1.27. The summed E-state index contributed by atoms with van der Waals surface area (Å²) in [6.07, 6.45) is 1.91. The zero-order valence-electron chi connectivity index (χ0n) is 9.53. The maximum Gasteiger partial charge on any atom is 0.345 e. The van der Waals surface area contributed by atoms with E-state index in [4.69, 9.17) is 4.74 Å². The molecule has 0 saturated carbocycles. The van der Waals surface area contributed by atoms with Gasteiger partial charge in [0.15, 0.2) is 0 Å². The molecule has 1 N–H and O–H groups in total. The zero-order valence-corrected chi connectivity index (χ0v) is 9.53. The molecule has 0 amide bonds. The lowest BCUT2D eigenvalue weighted by Crippen LogP contribution is -2.06. The third-order valence-electron chi connectivity index (χ3n) is 2.15. The van der Waals surface area contributed by atoms with Crippen LogP contribution in [0.1, 0.15) is 30.1 Å². The molecular formula is C12H16O4. The largest absolute Gasteiger partial charge is 0.507 e. The van der Waals surface area contributed by atoms with Gasteiger partial charge in [0.1, 0.15) is 17.1 Å². The highest BCUT2D eigenvalue weighted by Crippen LogP contribution is 2.28.